The summed E-state index contributed by atoms with van der Waals surface area (Å²) < 4.78 is 5.48. The standard InChI is InChI=1S/C20H18N2O4/c23-18(21-12-15-4-3-11-26-15)13-7-9-14(10-8-13)22-19(24)16-5-1-2-6-17(16)20(22)25/h1-2,5-10,15H,3-4,11-12H2,(H,21,23)/t15-/m0/s1. The second-order valence-electron chi connectivity index (χ2n) is 6.38. The van der Waals surface area contributed by atoms with E-state index in [-0.39, 0.29) is 23.8 Å². The van der Waals surface area contributed by atoms with Crippen LogP contribution >= 0.6 is 0 Å². The summed E-state index contributed by atoms with van der Waals surface area (Å²) in [5.41, 5.74) is 1.72. The van der Waals surface area contributed by atoms with Crippen LogP contribution in [0.4, 0.5) is 5.69 Å². The molecule has 2 aromatic rings. The number of hydrogen-bond donors (Lipinski definition) is 1. The third-order valence-electron chi connectivity index (χ3n) is 4.70. The Balaban J connectivity index is 1.47. The predicted octanol–water partition coefficient (Wildman–Crippen LogP) is 2.40. The van der Waals surface area contributed by atoms with E-state index in [0.29, 0.717) is 28.9 Å². The number of anilines is 1. The van der Waals surface area contributed by atoms with Crippen LogP contribution in [0.25, 0.3) is 0 Å². The highest BCUT2D eigenvalue weighted by Crippen LogP contribution is 2.28. The Hall–Kier alpha value is -2.99. The molecule has 2 aliphatic heterocycles. The lowest BCUT2D eigenvalue weighted by molar-refractivity contribution is 0.0857. The van der Waals surface area contributed by atoms with E-state index in [1.807, 2.05) is 0 Å². The summed E-state index contributed by atoms with van der Waals surface area (Å²) in [4.78, 5) is 38.3. The first-order valence-corrected chi connectivity index (χ1v) is 8.63. The zero-order valence-corrected chi connectivity index (χ0v) is 14.1. The normalized spacial score (nSPS) is 18.9. The monoisotopic (exact) mass is 350 g/mol. The van der Waals surface area contributed by atoms with Crippen LogP contribution in [-0.2, 0) is 4.74 Å². The summed E-state index contributed by atoms with van der Waals surface area (Å²) >= 11 is 0. The molecule has 132 valence electrons. The van der Waals surface area contributed by atoms with E-state index in [4.69, 9.17) is 4.74 Å². The first kappa shape index (κ1) is 16.5. The summed E-state index contributed by atoms with van der Waals surface area (Å²) in [6, 6.07) is 13.2. The molecule has 0 saturated carbocycles. The highest BCUT2D eigenvalue weighted by atomic mass is 16.5. The molecular weight excluding hydrogens is 332 g/mol. The topological polar surface area (TPSA) is 75.7 Å². The van der Waals surface area contributed by atoms with Crippen molar-refractivity contribution in [2.24, 2.45) is 0 Å². The molecule has 2 aliphatic rings. The van der Waals surface area contributed by atoms with E-state index in [0.717, 1.165) is 24.3 Å². The van der Waals surface area contributed by atoms with Crippen LogP contribution in [0, 0.1) is 0 Å². The molecule has 3 amide bonds. The second kappa shape index (κ2) is 6.72. The minimum absolute atomic E-state index is 0.0802. The molecule has 0 aromatic heterocycles. The molecule has 2 heterocycles. The van der Waals surface area contributed by atoms with Crippen LogP contribution in [0.5, 0.6) is 0 Å². The maximum absolute atomic E-state index is 12.5. The van der Waals surface area contributed by atoms with Crippen molar-refractivity contribution < 1.29 is 19.1 Å². The molecule has 0 radical (unpaired) electrons. The molecule has 1 N–H and O–H groups in total. The predicted molar refractivity (Wildman–Crippen MR) is 95.3 cm³/mol. The van der Waals surface area contributed by atoms with Crippen molar-refractivity contribution >= 4 is 23.4 Å². The van der Waals surface area contributed by atoms with Crippen LogP contribution in [-0.4, -0.2) is 37.0 Å². The summed E-state index contributed by atoms with van der Waals surface area (Å²) in [5.74, 6) is -0.892. The molecule has 0 unspecified atom stereocenters. The van der Waals surface area contributed by atoms with Gasteiger partial charge in [-0.3, -0.25) is 14.4 Å². The van der Waals surface area contributed by atoms with Crippen molar-refractivity contribution in [1.82, 2.24) is 5.32 Å². The summed E-state index contributed by atoms with van der Waals surface area (Å²) in [5, 5.41) is 2.85. The maximum atomic E-state index is 12.5. The fourth-order valence-corrected chi connectivity index (χ4v) is 3.30. The lowest BCUT2D eigenvalue weighted by Gasteiger charge is -2.15. The van der Waals surface area contributed by atoms with Gasteiger partial charge in [0.2, 0.25) is 0 Å². The van der Waals surface area contributed by atoms with Crippen LogP contribution in [0.15, 0.2) is 48.5 Å². The smallest absolute Gasteiger partial charge is 0.266 e. The lowest BCUT2D eigenvalue weighted by Crippen LogP contribution is -2.32. The van der Waals surface area contributed by atoms with E-state index in [9.17, 15) is 14.4 Å². The molecular formula is C20H18N2O4. The lowest BCUT2D eigenvalue weighted by atomic mass is 10.1. The van der Waals surface area contributed by atoms with Gasteiger partial charge in [0.15, 0.2) is 0 Å². The minimum atomic E-state index is -0.346. The van der Waals surface area contributed by atoms with Crippen molar-refractivity contribution in [1.29, 1.82) is 0 Å². The van der Waals surface area contributed by atoms with Gasteiger partial charge >= 0.3 is 0 Å². The number of rotatable bonds is 4. The molecule has 2 aromatic carbocycles. The Kier molecular flexibility index (Phi) is 4.26. The van der Waals surface area contributed by atoms with E-state index in [2.05, 4.69) is 5.32 Å². The first-order valence-electron chi connectivity index (χ1n) is 8.63. The van der Waals surface area contributed by atoms with Crippen molar-refractivity contribution in [3.63, 3.8) is 0 Å². The molecule has 0 aliphatic carbocycles. The molecule has 6 heteroatoms. The van der Waals surface area contributed by atoms with Crippen LogP contribution in [0.2, 0.25) is 0 Å². The van der Waals surface area contributed by atoms with Gasteiger partial charge in [0.1, 0.15) is 0 Å². The highest BCUT2D eigenvalue weighted by molar-refractivity contribution is 6.34. The van der Waals surface area contributed by atoms with Gasteiger partial charge in [0, 0.05) is 18.7 Å². The molecule has 1 atom stereocenters. The number of carbonyl (C=O) groups excluding carboxylic acids is 3. The van der Waals surface area contributed by atoms with Crippen LogP contribution in [0.3, 0.4) is 0 Å². The number of ether oxygens (including phenoxy) is 1. The summed E-state index contributed by atoms with van der Waals surface area (Å²) in [7, 11) is 0. The van der Waals surface area contributed by atoms with Crippen molar-refractivity contribution in [3.05, 3.63) is 65.2 Å². The van der Waals surface area contributed by atoms with Gasteiger partial charge in [-0.05, 0) is 49.2 Å². The summed E-state index contributed by atoms with van der Waals surface area (Å²) in [6.07, 6.45) is 2.06. The van der Waals surface area contributed by atoms with E-state index in [1.165, 1.54) is 0 Å². The zero-order chi connectivity index (χ0) is 18.1. The number of hydrogen-bond acceptors (Lipinski definition) is 4. The highest BCUT2D eigenvalue weighted by Gasteiger charge is 2.36. The Labute approximate surface area is 150 Å². The zero-order valence-electron chi connectivity index (χ0n) is 14.1. The molecule has 1 saturated heterocycles. The largest absolute Gasteiger partial charge is 0.376 e. The fraction of sp³-hybridized carbons (Fsp3) is 0.250. The van der Waals surface area contributed by atoms with E-state index in [1.54, 1.807) is 48.5 Å². The number of nitrogens with one attached hydrogen (secondary N) is 1. The third kappa shape index (κ3) is 2.88. The number of nitrogens with zero attached hydrogens (tertiary/aromatic N) is 1. The van der Waals surface area contributed by atoms with Crippen LogP contribution < -0.4 is 10.2 Å². The van der Waals surface area contributed by atoms with Gasteiger partial charge in [-0.2, -0.15) is 0 Å². The van der Waals surface area contributed by atoms with Crippen molar-refractivity contribution in [2.75, 3.05) is 18.1 Å². The van der Waals surface area contributed by atoms with Crippen molar-refractivity contribution in [2.45, 2.75) is 18.9 Å². The molecule has 0 bridgehead atoms. The van der Waals surface area contributed by atoms with E-state index < -0.39 is 0 Å². The fourth-order valence-electron chi connectivity index (χ4n) is 3.30. The van der Waals surface area contributed by atoms with Crippen molar-refractivity contribution in [3.8, 4) is 0 Å². The first-order chi connectivity index (χ1) is 12.6. The minimum Gasteiger partial charge on any atom is -0.376 e. The van der Waals surface area contributed by atoms with Gasteiger partial charge < -0.3 is 10.1 Å². The van der Waals surface area contributed by atoms with E-state index >= 15 is 0 Å². The number of carbonyl (C=O) groups is 3. The second-order valence-corrected chi connectivity index (χ2v) is 6.38. The maximum Gasteiger partial charge on any atom is 0.266 e. The van der Waals surface area contributed by atoms with Gasteiger partial charge in [0.25, 0.3) is 17.7 Å². The Bertz CT molecular complexity index is 835. The number of amides is 3. The van der Waals surface area contributed by atoms with Gasteiger partial charge in [-0.1, -0.05) is 12.1 Å². The molecule has 4 rings (SSSR count). The number of benzene rings is 2. The van der Waals surface area contributed by atoms with Crippen LogP contribution in [0.1, 0.15) is 43.9 Å². The average Bonchev–Trinajstić information content (AvgIpc) is 3.28. The number of fused-ring (bicyclic) bond motifs is 1. The average molecular weight is 350 g/mol. The molecule has 26 heavy (non-hydrogen) atoms. The Morgan fingerprint density at radius 2 is 1.69 bits per heavy atom. The van der Waals surface area contributed by atoms with Gasteiger partial charge in [-0.15, -0.1) is 0 Å². The SMILES string of the molecule is O=C(NC[C@@H]1CCCO1)c1ccc(N2C(=O)c3ccccc3C2=O)cc1. The quantitative estimate of drug-likeness (QED) is 0.859. The Morgan fingerprint density at radius 1 is 1.04 bits per heavy atom. The molecule has 1 fully saturated rings. The number of imide groups is 1. The van der Waals surface area contributed by atoms with Gasteiger partial charge in [0.05, 0.1) is 22.9 Å². The van der Waals surface area contributed by atoms with Gasteiger partial charge in [-0.25, -0.2) is 4.90 Å². The third-order valence-corrected chi connectivity index (χ3v) is 4.70. The summed E-state index contributed by atoms with van der Waals surface area (Å²) in [6.45, 7) is 1.23. The Morgan fingerprint density at radius 3 is 2.27 bits per heavy atom. The molecule has 6 nitrogen and oxygen atoms in total. The molecule has 0 spiro atoms.